The van der Waals surface area contributed by atoms with Crippen LogP contribution in [0, 0.1) is 0 Å². The Balaban J connectivity index is 1.61. The topological polar surface area (TPSA) is 89.5 Å². The first-order chi connectivity index (χ1) is 14.7. The van der Waals surface area contributed by atoms with Gasteiger partial charge in [0, 0.05) is 11.6 Å². The van der Waals surface area contributed by atoms with Crippen LogP contribution < -0.4 is 21.0 Å². The van der Waals surface area contributed by atoms with E-state index in [1.807, 2.05) is 30.3 Å². The molecule has 3 heterocycles. The van der Waals surface area contributed by atoms with Gasteiger partial charge in [-0.05, 0) is 48.8 Å². The number of fused-ring (bicyclic) bond motifs is 3. The van der Waals surface area contributed by atoms with Crippen LogP contribution in [0.2, 0.25) is 0 Å². The molecule has 5 aromatic rings. The van der Waals surface area contributed by atoms with Crippen LogP contribution in [0.15, 0.2) is 59.5 Å². The highest BCUT2D eigenvalue weighted by atomic mass is 16.5. The molecule has 0 amide bonds. The van der Waals surface area contributed by atoms with Gasteiger partial charge in [0.05, 0.1) is 34.6 Å². The van der Waals surface area contributed by atoms with Crippen LogP contribution in [-0.2, 0) is 6.42 Å². The quantitative estimate of drug-likeness (QED) is 0.367. The van der Waals surface area contributed by atoms with Crippen molar-refractivity contribution in [3.63, 3.8) is 0 Å². The van der Waals surface area contributed by atoms with E-state index in [0.717, 1.165) is 46.0 Å². The minimum Gasteiger partial charge on any atom is -0.495 e. The van der Waals surface area contributed by atoms with Crippen molar-refractivity contribution in [1.29, 1.82) is 0 Å². The van der Waals surface area contributed by atoms with Gasteiger partial charge in [0.25, 0.3) is 5.56 Å². The number of hydrogen-bond donors (Lipinski definition) is 4. The molecule has 0 aliphatic rings. The van der Waals surface area contributed by atoms with E-state index in [-0.39, 0.29) is 5.56 Å². The molecule has 30 heavy (non-hydrogen) atoms. The summed E-state index contributed by atoms with van der Waals surface area (Å²) in [6.07, 6.45) is 7.66. The van der Waals surface area contributed by atoms with E-state index in [1.165, 1.54) is 5.56 Å². The Morgan fingerprint density at radius 2 is 1.80 bits per heavy atom. The maximum atomic E-state index is 12.7. The van der Waals surface area contributed by atoms with E-state index in [0.29, 0.717) is 11.0 Å². The number of H-pyrrole nitrogens is 4. The van der Waals surface area contributed by atoms with Crippen molar-refractivity contribution in [1.82, 2.24) is 19.9 Å². The van der Waals surface area contributed by atoms with Crippen LogP contribution in [0.25, 0.3) is 34.1 Å². The summed E-state index contributed by atoms with van der Waals surface area (Å²) >= 11 is 0. The van der Waals surface area contributed by atoms with Crippen LogP contribution in [0.3, 0.4) is 0 Å². The minimum atomic E-state index is -0.127. The molecule has 0 aliphatic carbocycles. The normalized spacial score (nSPS) is 13.0. The fourth-order valence-corrected chi connectivity index (χ4v) is 3.91. The van der Waals surface area contributed by atoms with E-state index in [1.54, 1.807) is 13.3 Å². The number of aromatic amines is 4. The molecule has 0 saturated heterocycles. The lowest BCUT2D eigenvalue weighted by molar-refractivity contribution is 0.414. The summed E-state index contributed by atoms with van der Waals surface area (Å²) < 4.78 is 5.36. The summed E-state index contributed by atoms with van der Waals surface area (Å²) in [5.41, 5.74) is 5.55. The van der Waals surface area contributed by atoms with Crippen LogP contribution in [0.1, 0.15) is 17.7 Å². The molecule has 6 heteroatoms. The maximum Gasteiger partial charge on any atom is 0.256 e. The van der Waals surface area contributed by atoms with E-state index < -0.39 is 0 Å². The molecule has 3 aromatic heterocycles. The van der Waals surface area contributed by atoms with Crippen molar-refractivity contribution in [2.75, 3.05) is 7.11 Å². The lowest BCUT2D eigenvalue weighted by Crippen LogP contribution is -2.21. The largest absolute Gasteiger partial charge is 0.495 e. The second-order valence-electron chi connectivity index (χ2n) is 7.27. The summed E-state index contributed by atoms with van der Waals surface area (Å²) in [6.45, 7) is 0. The van der Waals surface area contributed by atoms with E-state index in [4.69, 9.17) is 4.74 Å². The Morgan fingerprint density at radius 1 is 0.967 bits per heavy atom. The number of hydrogen-bond acceptors (Lipinski definition) is 2. The molecule has 4 N–H and O–H groups in total. The zero-order valence-electron chi connectivity index (χ0n) is 16.6. The third-order valence-electron chi connectivity index (χ3n) is 5.37. The van der Waals surface area contributed by atoms with Gasteiger partial charge in [0.1, 0.15) is 11.2 Å². The Kier molecular flexibility index (Phi) is 4.52. The first-order valence-electron chi connectivity index (χ1n) is 9.93. The summed E-state index contributed by atoms with van der Waals surface area (Å²) in [7, 11) is 1.61. The predicted molar refractivity (Wildman–Crippen MR) is 120 cm³/mol. The molecule has 0 atom stereocenters. The fraction of sp³-hybridized carbons (Fsp3) is 0.125. The van der Waals surface area contributed by atoms with Crippen LogP contribution >= 0.6 is 0 Å². The lowest BCUT2D eigenvalue weighted by Gasteiger charge is -1.96. The number of ether oxygens (including phenoxy) is 1. The molecule has 0 saturated carbocycles. The number of aromatic nitrogens is 4. The molecule has 0 fully saturated rings. The molecule has 6 nitrogen and oxygen atoms in total. The average Bonchev–Trinajstić information content (AvgIpc) is 3.46. The summed E-state index contributed by atoms with van der Waals surface area (Å²) in [5, 5.41) is 1.47. The summed E-state index contributed by atoms with van der Waals surface area (Å²) in [5.74, 6) is 0.698. The van der Waals surface area contributed by atoms with E-state index in [9.17, 15) is 4.79 Å². The van der Waals surface area contributed by atoms with Crippen molar-refractivity contribution < 1.29 is 4.74 Å². The Hall–Kier alpha value is -3.93. The fourth-order valence-electron chi connectivity index (χ4n) is 3.91. The summed E-state index contributed by atoms with van der Waals surface area (Å²) in [4.78, 5) is 25.6. The Morgan fingerprint density at radius 3 is 2.63 bits per heavy atom. The molecule has 0 radical (unpaired) electrons. The van der Waals surface area contributed by atoms with Crippen LogP contribution in [0.4, 0.5) is 0 Å². The van der Waals surface area contributed by atoms with E-state index >= 15 is 0 Å². The SMILES string of the molecule is COc1cc[nH]c1C=c1c(=O)[nH]c2ccc3[nH]c(=CCCc4ccccc4)[nH]c3c12. The molecular formula is C24H22N4O2. The molecular weight excluding hydrogens is 376 g/mol. The lowest BCUT2D eigenvalue weighted by atomic mass is 10.1. The predicted octanol–water partition coefficient (Wildman–Crippen LogP) is 2.92. The zero-order valence-corrected chi connectivity index (χ0v) is 16.6. The molecule has 0 bridgehead atoms. The van der Waals surface area contributed by atoms with Crippen molar-refractivity contribution in [3.8, 4) is 5.75 Å². The highest BCUT2D eigenvalue weighted by Crippen LogP contribution is 2.19. The second-order valence-corrected chi connectivity index (χ2v) is 7.27. The van der Waals surface area contributed by atoms with Gasteiger partial charge in [-0.15, -0.1) is 0 Å². The van der Waals surface area contributed by atoms with Gasteiger partial charge >= 0.3 is 0 Å². The van der Waals surface area contributed by atoms with Crippen LogP contribution in [0.5, 0.6) is 5.75 Å². The first-order valence-corrected chi connectivity index (χ1v) is 9.93. The van der Waals surface area contributed by atoms with Crippen LogP contribution in [-0.4, -0.2) is 27.0 Å². The molecule has 0 aliphatic heterocycles. The number of nitrogens with one attached hydrogen (secondary N) is 4. The van der Waals surface area contributed by atoms with Gasteiger partial charge in [-0.25, -0.2) is 0 Å². The van der Waals surface area contributed by atoms with Crippen molar-refractivity contribution in [2.24, 2.45) is 0 Å². The van der Waals surface area contributed by atoms with E-state index in [2.05, 4.69) is 50.3 Å². The van der Waals surface area contributed by atoms with Gasteiger partial charge < -0.3 is 24.7 Å². The maximum absolute atomic E-state index is 12.7. The van der Waals surface area contributed by atoms with Gasteiger partial charge in [0.15, 0.2) is 0 Å². The highest BCUT2D eigenvalue weighted by molar-refractivity contribution is 6.03. The van der Waals surface area contributed by atoms with Gasteiger partial charge in [0.2, 0.25) is 0 Å². The third kappa shape index (κ3) is 3.22. The minimum absolute atomic E-state index is 0.127. The number of aryl methyl sites for hydroxylation is 1. The molecule has 2 aromatic carbocycles. The molecule has 150 valence electrons. The Labute approximate surface area is 171 Å². The highest BCUT2D eigenvalue weighted by Gasteiger charge is 2.10. The molecule has 5 rings (SSSR count). The smallest absolute Gasteiger partial charge is 0.256 e. The standard InChI is InChI=1S/C24H22N4O2/c1-30-20-12-13-25-19(20)14-16-22-17(27-24(16)29)10-11-18-23(22)28-21(26-18)9-5-8-15-6-3-2-4-7-15/h2-4,6-7,9-14,25-26,28H,5,8H2,1H3,(H,27,29). The van der Waals surface area contributed by atoms with Gasteiger partial charge in [-0.2, -0.15) is 0 Å². The zero-order chi connectivity index (χ0) is 20.5. The Bertz CT molecular complexity index is 1500. The first kappa shape index (κ1) is 18.1. The van der Waals surface area contributed by atoms with Crippen molar-refractivity contribution in [3.05, 3.63) is 87.0 Å². The molecule has 0 unspecified atom stereocenters. The summed E-state index contributed by atoms with van der Waals surface area (Å²) in [6, 6.07) is 16.2. The third-order valence-corrected chi connectivity index (χ3v) is 5.37. The monoisotopic (exact) mass is 398 g/mol. The van der Waals surface area contributed by atoms with Crippen molar-refractivity contribution in [2.45, 2.75) is 12.8 Å². The number of imidazole rings is 1. The van der Waals surface area contributed by atoms with Crippen molar-refractivity contribution >= 4 is 34.1 Å². The number of methoxy groups -OCH3 is 1. The average molecular weight is 398 g/mol. The van der Waals surface area contributed by atoms with Gasteiger partial charge in [-0.3, -0.25) is 4.79 Å². The number of rotatable bonds is 5. The van der Waals surface area contributed by atoms with Gasteiger partial charge in [-0.1, -0.05) is 30.3 Å². The number of benzene rings is 2. The molecule has 0 spiro atoms. The second kappa shape index (κ2) is 7.48.